The summed E-state index contributed by atoms with van der Waals surface area (Å²) in [5.74, 6) is 0. The van der Waals surface area contributed by atoms with Gasteiger partial charge in [0, 0.05) is 26.1 Å². The summed E-state index contributed by atoms with van der Waals surface area (Å²) in [5, 5.41) is 7.38. The Morgan fingerprint density at radius 1 is 1.08 bits per heavy atom. The number of thiocarbonyl (C=S) groups is 1. The molecule has 138 valence electrons. The van der Waals surface area contributed by atoms with Crippen molar-refractivity contribution >= 4 is 28.7 Å². The highest BCUT2D eigenvalue weighted by Gasteiger charge is 2.15. The summed E-state index contributed by atoms with van der Waals surface area (Å²) in [6.07, 6.45) is 1.11. The van der Waals surface area contributed by atoms with Crippen molar-refractivity contribution in [1.82, 2.24) is 5.32 Å². The molecule has 2 heterocycles. The molecule has 2 saturated heterocycles. The summed E-state index contributed by atoms with van der Waals surface area (Å²) in [6.45, 7) is 9.48. The maximum absolute atomic E-state index is 5.47. The second kappa shape index (κ2) is 9.91. The van der Waals surface area contributed by atoms with Crippen LogP contribution in [0.25, 0.3) is 0 Å². The number of anilines is 2. The lowest BCUT2D eigenvalue weighted by atomic mass is 10.2. The minimum atomic E-state index is 0.692. The van der Waals surface area contributed by atoms with Crippen molar-refractivity contribution in [2.75, 3.05) is 75.9 Å². The fourth-order valence-corrected chi connectivity index (χ4v) is 3.49. The molecule has 7 heteroatoms. The number of rotatable bonds is 6. The zero-order chi connectivity index (χ0) is 17.3. The van der Waals surface area contributed by atoms with Crippen LogP contribution in [-0.4, -0.2) is 70.8 Å². The number of para-hydroxylation sites is 2. The van der Waals surface area contributed by atoms with Gasteiger partial charge in [0.05, 0.1) is 44.3 Å². The summed E-state index contributed by atoms with van der Waals surface area (Å²) < 4.78 is 10.8. The molecule has 3 rings (SSSR count). The Labute approximate surface area is 155 Å². The van der Waals surface area contributed by atoms with Gasteiger partial charge >= 0.3 is 0 Å². The molecule has 0 aliphatic carbocycles. The SMILES string of the molecule is S=C(NCCC[NH+]1CCOCC1)Nc1ccccc1N1CCOCC1. The third kappa shape index (κ3) is 5.81. The second-order valence-corrected chi connectivity index (χ2v) is 6.87. The summed E-state index contributed by atoms with van der Waals surface area (Å²) in [5.41, 5.74) is 2.24. The Kier molecular flexibility index (Phi) is 7.29. The van der Waals surface area contributed by atoms with E-state index in [2.05, 4.69) is 33.7 Å². The van der Waals surface area contributed by atoms with E-state index >= 15 is 0 Å². The standard InChI is InChI=1S/C18H28N4O2S/c25-18(19-6-3-7-21-8-12-23-13-9-21)20-16-4-1-2-5-17(16)22-10-14-24-15-11-22/h1-2,4-5H,3,6-15H2,(H2,19,20,25)/p+1. The van der Waals surface area contributed by atoms with Gasteiger partial charge in [0.25, 0.3) is 0 Å². The van der Waals surface area contributed by atoms with E-state index in [1.54, 1.807) is 4.90 Å². The zero-order valence-corrected chi connectivity index (χ0v) is 15.6. The molecule has 2 fully saturated rings. The average Bonchev–Trinajstić information content (AvgIpc) is 2.67. The summed E-state index contributed by atoms with van der Waals surface area (Å²) >= 11 is 5.47. The molecule has 0 saturated carbocycles. The number of ether oxygens (including phenoxy) is 2. The molecule has 0 bridgehead atoms. The third-order valence-corrected chi connectivity index (χ3v) is 4.94. The van der Waals surface area contributed by atoms with E-state index in [9.17, 15) is 0 Å². The van der Waals surface area contributed by atoms with E-state index in [1.165, 1.54) is 12.2 Å². The van der Waals surface area contributed by atoms with Crippen LogP contribution in [-0.2, 0) is 9.47 Å². The number of morpholine rings is 2. The van der Waals surface area contributed by atoms with Crippen LogP contribution in [0.4, 0.5) is 11.4 Å². The van der Waals surface area contributed by atoms with Crippen molar-refractivity contribution in [2.24, 2.45) is 0 Å². The molecule has 0 radical (unpaired) electrons. The Balaban J connectivity index is 1.43. The molecule has 6 nitrogen and oxygen atoms in total. The van der Waals surface area contributed by atoms with Crippen LogP contribution < -0.4 is 20.4 Å². The van der Waals surface area contributed by atoms with E-state index in [-0.39, 0.29) is 0 Å². The third-order valence-electron chi connectivity index (χ3n) is 4.70. The molecule has 0 amide bonds. The molecular weight excluding hydrogens is 336 g/mol. The molecule has 3 N–H and O–H groups in total. The lowest BCUT2D eigenvalue weighted by molar-refractivity contribution is -0.908. The van der Waals surface area contributed by atoms with Crippen molar-refractivity contribution in [3.8, 4) is 0 Å². The van der Waals surface area contributed by atoms with Crippen LogP contribution in [0.1, 0.15) is 6.42 Å². The minimum Gasteiger partial charge on any atom is -0.378 e. The molecule has 25 heavy (non-hydrogen) atoms. The number of quaternary nitrogens is 1. The lowest BCUT2D eigenvalue weighted by Gasteiger charge is -2.30. The predicted octanol–water partition coefficient (Wildman–Crippen LogP) is 0.115. The van der Waals surface area contributed by atoms with Crippen LogP contribution in [0.15, 0.2) is 24.3 Å². The van der Waals surface area contributed by atoms with E-state index in [0.29, 0.717) is 5.11 Å². The number of hydrogen-bond acceptors (Lipinski definition) is 4. The summed E-state index contributed by atoms with van der Waals surface area (Å²) in [4.78, 5) is 3.97. The quantitative estimate of drug-likeness (QED) is 0.492. The van der Waals surface area contributed by atoms with Gasteiger partial charge in [-0.1, -0.05) is 12.1 Å². The van der Waals surface area contributed by atoms with Gasteiger partial charge < -0.3 is 29.9 Å². The van der Waals surface area contributed by atoms with Crippen LogP contribution in [0.3, 0.4) is 0 Å². The van der Waals surface area contributed by atoms with Gasteiger partial charge in [-0.15, -0.1) is 0 Å². The van der Waals surface area contributed by atoms with Crippen LogP contribution in [0.5, 0.6) is 0 Å². The first-order chi connectivity index (χ1) is 12.3. The first-order valence-corrected chi connectivity index (χ1v) is 9.61. The van der Waals surface area contributed by atoms with Crippen LogP contribution in [0.2, 0.25) is 0 Å². The smallest absolute Gasteiger partial charge is 0.170 e. The molecule has 0 spiro atoms. The normalized spacial score (nSPS) is 18.8. The first kappa shape index (κ1) is 18.4. The van der Waals surface area contributed by atoms with E-state index in [0.717, 1.165) is 71.3 Å². The van der Waals surface area contributed by atoms with Crippen LogP contribution in [0, 0.1) is 0 Å². The molecule has 0 unspecified atom stereocenters. The van der Waals surface area contributed by atoms with Gasteiger partial charge in [0.2, 0.25) is 0 Å². The average molecular weight is 366 g/mol. The van der Waals surface area contributed by atoms with Gasteiger partial charge in [-0.25, -0.2) is 0 Å². The lowest BCUT2D eigenvalue weighted by Crippen LogP contribution is -3.14. The first-order valence-electron chi connectivity index (χ1n) is 9.21. The second-order valence-electron chi connectivity index (χ2n) is 6.46. The molecule has 0 atom stereocenters. The molecule has 0 aromatic heterocycles. The highest BCUT2D eigenvalue weighted by Crippen LogP contribution is 2.26. The monoisotopic (exact) mass is 365 g/mol. The van der Waals surface area contributed by atoms with Gasteiger partial charge in [0.15, 0.2) is 5.11 Å². The largest absolute Gasteiger partial charge is 0.378 e. The van der Waals surface area contributed by atoms with Gasteiger partial charge in [-0.2, -0.15) is 0 Å². The van der Waals surface area contributed by atoms with Crippen molar-refractivity contribution in [1.29, 1.82) is 0 Å². The molecule has 1 aromatic rings. The maximum atomic E-state index is 5.47. The van der Waals surface area contributed by atoms with E-state index < -0.39 is 0 Å². The van der Waals surface area contributed by atoms with Crippen molar-refractivity contribution < 1.29 is 14.4 Å². The Morgan fingerprint density at radius 3 is 2.60 bits per heavy atom. The van der Waals surface area contributed by atoms with E-state index in [1.807, 2.05) is 6.07 Å². The van der Waals surface area contributed by atoms with Gasteiger partial charge in [-0.05, 0) is 24.4 Å². The fourth-order valence-electron chi connectivity index (χ4n) is 3.28. The zero-order valence-electron chi connectivity index (χ0n) is 14.8. The van der Waals surface area contributed by atoms with Gasteiger partial charge in [0.1, 0.15) is 13.1 Å². The molecule has 2 aliphatic heterocycles. The minimum absolute atomic E-state index is 0.692. The maximum Gasteiger partial charge on any atom is 0.170 e. The Bertz CT molecular complexity index is 546. The fraction of sp³-hybridized carbons (Fsp3) is 0.611. The highest BCUT2D eigenvalue weighted by molar-refractivity contribution is 7.80. The van der Waals surface area contributed by atoms with Gasteiger partial charge in [-0.3, -0.25) is 0 Å². The predicted molar refractivity (Wildman–Crippen MR) is 105 cm³/mol. The molecule has 2 aliphatic rings. The highest BCUT2D eigenvalue weighted by atomic mass is 32.1. The van der Waals surface area contributed by atoms with Crippen molar-refractivity contribution in [3.63, 3.8) is 0 Å². The number of nitrogens with one attached hydrogen (secondary N) is 3. The summed E-state index contributed by atoms with van der Waals surface area (Å²) in [6, 6.07) is 8.32. The van der Waals surface area contributed by atoms with E-state index in [4.69, 9.17) is 21.7 Å². The Hall–Kier alpha value is -1.41. The topological polar surface area (TPSA) is 50.2 Å². The number of hydrogen-bond donors (Lipinski definition) is 3. The van der Waals surface area contributed by atoms with Crippen molar-refractivity contribution in [2.45, 2.75) is 6.42 Å². The Morgan fingerprint density at radius 2 is 1.80 bits per heavy atom. The molecule has 1 aromatic carbocycles. The number of benzene rings is 1. The van der Waals surface area contributed by atoms with Crippen molar-refractivity contribution in [3.05, 3.63) is 24.3 Å². The summed E-state index contributed by atoms with van der Waals surface area (Å²) in [7, 11) is 0. The molecular formula is C18H29N4O2S+. The number of nitrogens with zero attached hydrogens (tertiary/aromatic N) is 1. The van der Waals surface area contributed by atoms with Crippen LogP contribution >= 0.6 is 12.2 Å².